The van der Waals surface area contributed by atoms with Gasteiger partial charge in [-0.25, -0.2) is 0 Å². The zero-order chi connectivity index (χ0) is 16.2. The molecule has 0 saturated heterocycles. The number of ether oxygens (including phenoxy) is 1. The second-order valence-corrected chi connectivity index (χ2v) is 4.85. The Hall–Kier alpha value is -2.30. The minimum absolute atomic E-state index is 0.0864. The van der Waals surface area contributed by atoms with Gasteiger partial charge in [0.15, 0.2) is 5.78 Å². The number of benzene rings is 2. The number of methoxy groups -OCH3 is 1. The van der Waals surface area contributed by atoms with E-state index in [1.807, 2.05) is 12.1 Å². The average Bonchev–Trinajstić information content (AvgIpc) is 2.52. The van der Waals surface area contributed by atoms with Crippen molar-refractivity contribution < 1.29 is 22.7 Å². The molecule has 0 atom stereocenters. The second kappa shape index (κ2) is 6.64. The van der Waals surface area contributed by atoms with Crippen LogP contribution >= 0.6 is 0 Å². The lowest BCUT2D eigenvalue weighted by Crippen LogP contribution is -2.08. The van der Waals surface area contributed by atoms with Gasteiger partial charge in [0.2, 0.25) is 0 Å². The molecule has 0 bridgehead atoms. The molecule has 0 unspecified atom stereocenters. The van der Waals surface area contributed by atoms with Crippen molar-refractivity contribution in [2.24, 2.45) is 0 Å². The van der Waals surface area contributed by atoms with Crippen LogP contribution in [0.2, 0.25) is 0 Å². The maximum atomic E-state index is 12.6. The minimum Gasteiger partial charge on any atom is -0.497 e. The number of carbonyl (C=O) groups excluding carboxylic acids is 1. The molecule has 0 aliphatic heterocycles. The molecule has 0 fully saturated rings. The Morgan fingerprint density at radius 2 is 1.77 bits per heavy atom. The number of alkyl halides is 3. The zero-order valence-corrected chi connectivity index (χ0v) is 12.0. The number of hydrogen-bond acceptors (Lipinski definition) is 2. The number of rotatable bonds is 5. The van der Waals surface area contributed by atoms with E-state index >= 15 is 0 Å². The summed E-state index contributed by atoms with van der Waals surface area (Å²) < 4.78 is 42.9. The Bertz CT molecular complexity index is 646. The highest BCUT2D eigenvalue weighted by molar-refractivity contribution is 5.96. The third-order valence-corrected chi connectivity index (χ3v) is 3.31. The summed E-state index contributed by atoms with van der Waals surface area (Å²) in [5.74, 6) is 0.412. The minimum atomic E-state index is -4.44. The first kappa shape index (κ1) is 16.1. The molecule has 0 amide bonds. The fraction of sp³-hybridized carbons (Fsp3) is 0.235. The van der Waals surface area contributed by atoms with Crippen molar-refractivity contribution in [3.63, 3.8) is 0 Å². The maximum Gasteiger partial charge on any atom is 0.416 e. The summed E-state index contributed by atoms with van der Waals surface area (Å²) in [5, 5.41) is 0. The summed E-state index contributed by atoms with van der Waals surface area (Å²) in [7, 11) is 1.56. The van der Waals surface area contributed by atoms with Crippen LogP contribution in [-0.2, 0) is 12.6 Å². The van der Waals surface area contributed by atoms with E-state index in [1.54, 1.807) is 19.2 Å². The van der Waals surface area contributed by atoms with Crippen molar-refractivity contribution in [1.29, 1.82) is 0 Å². The van der Waals surface area contributed by atoms with Gasteiger partial charge in [0.25, 0.3) is 0 Å². The first-order chi connectivity index (χ1) is 10.4. The lowest BCUT2D eigenvalue weighted by Gasteiger charge is -2.08. The molecule has 0 N–H and O–H groups in total. The Balaban J connectivity index is 2.03. The number of aryl methyl sites for hydroxylation is 1. The molecule has 116 valence electrons. The van der Waals surface area contributed by atoms with E-state index in [2.05, 4.69) is 0 Å². The van der Waals surface area contributed by atoms with Crippen molar-refractivity contribution in [3.8, 4) is 5.75 Å². The van der Waals surface area contributed by atoms with Crippen molar-refractivity contribution in [3.05, 3.63) is 65.2 Å². The van der Waals surface area contributed by atoms with Crippen molar-refractivity contribution in [1.82, 2.24) is 0 Å². The van der Waals surface area contributed by atoms with Gasteiger partial charge >= 0.3 is 6.18 Å². The van der Waals surface area contributed by atoms with E-state index in [-0.39, 0.29) is 17.8 Å². The van der Waals surface area contributed by atoms with E-state index in [0.717, 1.165) is 17.7 Å². The van der Waals surface area contributed by atoms with Crippen LogP contribution in [0.25, 0.3) is 0 Å². The highest BCUT2D eigenvalue weighted by Crippen LogP contribution is 2.29. The molecule has 2 nitrogen and oxygen atoms in total. The lowest BCUT2D eigenvalue weighted by atomic mass is 10.0. The second-order valence-electron chi connectivity index (χ2n) is 4.85. The first-order valence-electron chi connectivity index (χ1n) is 6.73. The van der Waals surface area contributed by atoms with E-state index in [4.69, 9.17) is 4.74 Å². The van der Waals surface area contributed by atoms with Gasteiger partial charge in [-0.2, -0.15) is 13.2 Å². The summed E-state index contributed by atoms with van der Waals surface area (Å²) in [4.78, 5) is 12.0. The van der Waals surface area contributed by atoms with Crippen LogP contribution in [0, 0.1) is 0 Å². The van der Waals surface area contributed by atoms with Gasteiger partial charge in [-0.3, -0.25) is 4.79 Å². The summed E-state index contributed by atoms with van der Waals surface area (Å²) in [5.41, 5.74) is 0.215. The van der Waals surface area contributed by atoms with Crippen LogP contribution in [0.15, 0.2) is 48.5 Å². The molecule has 2 aromatic carbocycles. The van der Waals surface area contributed by atoms with Crippen LogP contribution in [0.5, 0.6) is 5.75 Å². The molecule has 22 heavy (non-hydrogen) atoms. The first-order valence-corrected chi connectivity index (χ1v) is 6.73. The Morgan fingerprint density at radius 1 is 1.09 bits per heavy atom. The van der Waals surface area contributed by atoms with E-state index in [1.165, 1.54) is 12.1 Å². The van der Waals surface area contributed by atoms with Crippen molar-refractivity contribution >= 4 is 5.78 Å². The van der Waals surface area contributed by atoms with E-state index in [0.29, 0.717) is 12.2 Å². The maximum absolute atomic E-state index is 12.6. The topological polar surface area (TPSA) is 26.3 Å². The monoisotopic (exact) mass is 308 g/mol. The SMILES string of the molecule is COc1ccc(CCC(=O)c2cccc(C(F)(F)F)c2)cc1. The molecule has 5 heteroatoms. The molecule has 0 aliphatic rings. The molecular formula is C17H15F3O2. The highest BCUT2D eigenvalue weighted by Gasteiger charge is 2.30. The number of carbonyl (C=O) groups is 1. The van der Waals surface area contributed by atoms with Gasteiger partial charge in [-0.05, 0) is 36.2 Å². The van der Waals surface area contributed by atoms with Crippen LogP contribution < -0.4 is 4.74 Å². The molecular weight excluding hydrogens is 293 g/mol. The van der Waals surface area contributed by atoms with Crippen molar-refractivity contribution in [2.75, 3.05) is 7.11 Å². The summed E-state index contributed by atoms with van der Waals surface area (Å²) in [6.45, 7) is 0. The third kappa shape index (κ3) is 4.10. The quantitative estimate of drug-likeness (QED) is 0.759. The van der Waals surface area contributed by atoms with E-state index < -0.39 is 11.7 Å². The fourth-order valence-corrected chi connectivity index (χ4v) is 2.06. The smallest absolute Gasteiger partial charge is 0.416 e. The molecule has 0 radical (unpaired) electrons. The number of ketones is 1. The molecule has 0 aliphatic carbocycles. The normalized spacial score (nSPS) is 11.3. The van der Waals surface area contributed by atoms with E-state index in [9.17, 15) is 18.0 Å². The van der Waals surface area contributed by atoms with Gasteiger partial charge in [0.1, 0.15) is 5.75 Å². The zero-order valence-electron chi connectivity index (χ0n) is 12.0. The molecule has 0 aromatic heterocycles. The molecule has 0 heterocycles. The highest BCUT2D eigenvalue weighted by atomic mass is 19.4. The summed E-state index contributed by atoms with van der Waals surface area (Å²) in [6.07, 6.45) is -3.81. The van der Waals surface area contributed by atoms with Crippen LogP contribution in [0.3, 0.4) is 0 Å². The standard InChI is InChI=1S/C17H15F3O2/c1-22-15-8-5-12(6-9-15)7-10-16(21)13-3-2-4-14(11-13)17(18,19)20/h2-6,8-9,11H,7,10H2,1H3. The summed E-state index contributed by atoms with van der Waals surface area (Å²) >= 11 is 0. The Kier molecular flexibility index (Phi) is 4.85. The van der Waals surface area contributed by atoms with Gasteiger partial charge in [0.05, 0.1) is 12.7 Å². The third-order valence-electron chi connectivity index (χ3n) is 3.31. The Labute approximate surface area is 126 Å². The Morgan fingerprint density at radius 3 is 2.36 bits per heavy atom. The number of halogens is 3. The molecule has 2 rings (SSSR count). The van der Waals surface area contributed by atoms with Crippen LogP contribution in [0.4, 0.5) is 13.2 Å². The number of Topliss-reactive ketones (excluding diaryl/α,β-unsaturated/α-hetero) is 1. The lowest BCUT2D eigenvalue weighted by molar-refractivity contribution is -0.137. The average molecular weight is 308 g/mol. The van der Waals surface area contributed by atoms with Crippen LogP contribution in [0.1, 0.15) is 27.9 Å². The largest absolute Gasteiger partial charge is 0.497 e. The fourth-order valence-electron chi connectivity index (χ4n) is 2.06. The van der Waals surface area contributed by atoms with Gasteiger partial charge in [0, 0.05) is 12.0 Å². The predicted molar refractivity (Wildman–Crippen MR) is 77.1 cm³/mol. The predicted octanol–water partition coefficient (Wildman–Crippen LogP) is 4.53. The molecule has 0 spiro atoms. The van der Waals surface area contributed by atoms with Crippen molar-refractivity contribution in [2.45, 2.75) is 19.0 Å². The van der Waals surface area contributed by atoms with Crippen LogP contribution in [-0.4, -0.2) is 12.9 Å². The summed E-state index contributed by atoms with van der Waals surface area (Å²) in [6, 6.07) is 11.7. The van der Waals surface area contributed by atoms with Gasteiger partial charge in [-0.15, -0.1) is 0 Å². The van der Waals surface area contributed by atoms with Gasteiger partial charge < -0.3 is 4.74 Å². The van der Waals surface area contributed by atoms with Gasteiger partial charge in [-0.1, -0.05) is 24.3 Å². The molecule has 0 saturated carbocycles. The number of hydrogen-bond donors (Lipinski definition) is 0. The molecule has 2 aromatic rings.